The molecular weight excluding hydrogens is 330 g/mol. The summed E-state index contributed by atoms with van der Waals surface area (Å²) in [5.41, 5.74) is 3.40. The van der Waals surface area contributed by atoms with E-state index in [2.05, 4.69) is 15.5 Å². The van der Waals surface area contributed by atoms with Crippen LogP contribution in [0.15, 0.2) is 61.2 Å². The number of benzene rings is 2. The van der Waals surface area contributed by atoms with Crippen LogP contribution < -0.4 is 10.2 Å². The van der Waals surface area contributed by atoms with Gasteiger partial charge in [-0.25, -0.2) is 0 Å². The summed E-state index contributed by atoms with van der Waals surface area (Å²) in [6.07, 6.45) is 4.32. The molecule has 0 saturated heterocycles. The number of hydrogen-bond acceptors (Lipinski definition) is 4. The minimum absolute atomic E-state index is 0.00724. The molecule has 1 aliphatic heterocycles. The molecule has 130 valence electrons. The number of nitrogens with zero attached hydrogens (tertiary/aromatic N) is 4. The Labute approximate surface area is 150 Å². The second-order valence-corrected chi connectivity index (χ2v) is 6.08. The number of carbonyl (C=O) groups is 2. The van der Waals surface area contributed by atoms with E-state index in [1.807, 2.05) is 42.5 Å². The molecule has 2 amide bonds. The van der Waals surface area contributed by atoms with Gasteiger partial charge in [-0.3, -0.25) is 14.2 Å². The monoisotopic (exact) mass is 347 g/mol. The van der Waals surface area contributed by atoms with Crippen molar-refractivity contribution < 1.29 is 9.59 Å². The Hall–Kier alpha value is -3.48. The van der Waals surface area contributed by atoms with E-state index >= 15 is 0 Å². The van der Waals surface area contributed by atoms with Crippen LogP contribution in [-0.2, 0) is 16.0 Å². The van der Waals surface area contributed by atoms with Gasteiger partial charge in [0.05, 0.1) is 5.69 Å². The molecule has 0 bridgehead atoms. The fourth-order valence-corrected chi connectivity index (χ4v) is 3.09. The summed E-state index contributed by atoms with van der Waals surface area (Å²) in [5.74, 6) is -0.270. The standard InChI is InChI=1S/C19H17N5O2/c25-18(11-24-17-7-2-1-4-14(17)8-9-19(24)26)22-15-5-3-6-16(10-15)23-12-20-21-13-23/h1-7,10,12-13H,8-9,11H2,(H,22,25). The van der Waals surface area contributed by atoms with Crippen molar-refractivity contribution in [1.29, 1.82) is 0 Å². The summed E-state index contributed by atoms with van der Waals surface area (Å²) in [4.78, 5) is 26.3. The Bertz CT molecular complexity index is 952. The molecule has 0 aliphatic carbocycles. The molecule has 7 heteroatoms. The average molecular weight is 347 g/mol. The van der Waals surface area contributed by atoms with Crippen molar-refractivity contribution in [3.8, 4) is 5.69 Å². The number of aryl methyl sites for hydroxylation is 1. The largest absolute Gasteiger partial charge is 0.324 e. The fraction of sp³-hybridized carbons (Fsp3) is 0.158. The number of para-hydroxylation sites is 1. The smallest absolute Gasteiger partial charge is 0.244 e. The number of anilines is 2. The van der Waals surface area contributed by atoms with E-state index in [1.54, 1.807) is 28.2 Å². The van der Waals surface area contributed by atoms with Crippen molar-refractivity contribution in [1.82, 2.24) is 14.8 Å². The maximum atomic E-state index is 12.5. The highest BCUT2D eigenvalue weighted by atomic mass is 16.2. The maximum absolute atomic E-state index is 12.5. The van der Waals surface area contributed by atoms with Gasteiger partial charge < -0.3 is 10.2 Å². The topological polar surface area (TPSA) is 80.1 Å². The molecule has 1 N–H and O–H groups in total. The lowest BCUT2D eigenvalue weighted by Gasteiger charge is -2.28. The number of hydrogen-bond donors (Lipinski definition) is 1. The number of nitrogens with one attached hydrogen (secondary N) is 1. The van der Waals surface area contributed by atoms with Crippen molar-refractivity contribution in [2.45, 2.75) is 12.8 Å². The molecule has 0 radical (unpaired) electrons. The van der Waals surface area contributed by atoms with Crippen LogP contribution in [0.4, 0.5) is 11.4 Å². The van der Waals surface area contributed by atoms with Crippen molar-refractivity contribution in [2.75, 3.05) is 16.8 Å². The van der Waals surface area contributed by atoms with E-state index in [0.29, 0.717) is 18.5 Å². The van der Waals surface area contributed by atoms with Crippen LogP contribution in [-0.4, -0.2) is 33.1 Å². The van der Waals surface area contributed by atoms with Crippen LogP contribution in [0.2, 0.25) is 0 Å². The van der Waals surface area contributed by atoms with Gasteiger partial charge >= 0.3 is 0 Å². The predicted molar refractivity (Wildman–Crippen MR) is 97.1 cm³/mol. The quantitative estimate of drug-likeness (QED) is 0.784. The number of amides is 2. The summed E-state index contributed by atoms with van der Waals surface area (Å²) in [6.45, 7) is -0.00724. The lowest BCUT2D eigenvalue weighted by atomic mass is 10.0. The predicted octanol–water partition coefficient (Wildman–Crippen LogP) is 2.19. The Morgan fingerprint density at radius 3 is 2.69 bits per heavy atom. The van der Waals surface area contributed by atoms with Crippen molar-refractivity contribution >= 4 is 23.2 Å². The van der Waals surface area contributed by atoms with Gasteiger partial charge in [-0.2, -0.15) is 0 Å². The van der Waals surface area contributed by atoms with E-state index in [0.717, 1.165) is 16.9 Å². The van der Waals surface area contributed by atoms with Gasteiger partial charge in [0, 0.05) is 17.8 Å². The van der Waals surface area contributed by atoms with E-state index in [9.17, 15) is 9.59 Å². The maximum Gasteiger partial charge on any atom is 0.244 e. The van der Waals surface area contributed by atoms with E-state index < -0.39 is 0 Å². The molecule has 2 heterocycles. The van der Waals surface area contributed by atoms with Crippen LogP contribution in [0.5, 0.6) is 0 Å². The Balaban J connectivity index is 1.50. The minimum atomic E-state index is -0.240. The third kappa shape index (κ3) is 3.19. The first kappa shape index (κ1) is 16.0. The Morgan fingerprint density at radius 2 is 1.85 bits per heavy atom. The van der Waals surface area contributed by atoms with Crippen LogP contribution >= 0.6 is 0 Å². The van der Waals surface area contributed by atoms with Gasteiger partial charge in [0.1, 0.15) is 19.2 Å². The number of fused-ring (bicyclic) bond motifs is 1. The number of aromatic nitrogens is 3. The molecule has 0 spiro atoms. The van der Waals surface area contributed by atoms with Gasteiger partial charge in [-0.1, -0.05) is 24.3 Å². The first-order chi connectivity index (χ1) is 12.7. The second kappa shape index (κ2) is 6.79. The summed E-state index contributed by atoms with van der Waals surface area (Å²) in [7, 11) is 0. The molecule has 7 nitrogen and oxygen atoms in total. The Kier molecular flexibility index (Phi) is 4.18. The zero-order valence-corrected chi connectivity index (χ0v) is 14.0. The molecular formula is C19H17N5O2. The van der Waals surface area contributed by atoms with Gasteiger partial charge in [0.25, 0.3) is 0 Å². The highest BCUT2D eigenvalue weighted by molar-refractivity contribution is 6.04. The first-order valence-corrected chi connectivity index (χ1v) is 8.34. The SMILES string of the molecule is O=C(CN1C(=O)CCc2ccccc21)Nc1cccc(-n2cnnc2)c1. The number of carbonyl (C=O) groups excluding carboxylic acids is 2. The van der Waals surface area contributed by atoms with Crippen LogP contribution in [0, 0.1) is 0 Å². The number of rotatable bonds is 4. The van der Waals surface area contributed by atoms with Crippen molar-refractivity contribution in [2.24, 2.45) is 0 Å². The molecule has 0 atom stereocenters. The molecule has 0 saturated carbocycles. The third-order valence-electron chi connectivity index (χ3n) is 4.34. The zero-order valence-electron chi connectivity index (χ0n) is 14.0. The normalized spacial score (nSPS) is 13.4. The van der Waals surface area contributed by atoms with Crippen molar-refractivity contribution in [3.63, 3.8) is 0 Å². The summed E-state index contributed by atoms with van der Waals surface area (Å²) in [5, 5.41) is 10.4. The highest BCUT2D eigenvalue weighted by Crippen LogP contribution is 2.27. The summed E-state index contributed by atoms with van der Waals surface area (Å²) in [6, 6.07) is 15.1. The van der Waals surface area contributed by atoms with Crippen LogP contribution in [0.25, 0.3) is 5.69 Å². The lowest BCUT2D eigenvalue weighted by molar-refractivity contribution is -0.121. The summed E-state index contributed by atoms with van der Waals surface area (Å²) >= 11 is 0. The molecule has 1 aliphatic rings. The molecule has 2 aromatic carbocycles. The van der Waals surface area contributed by atoms with Crippen molar-refractivity contribution in [3.05, 3.63) is 66.7 Å². The zero-order chi connectivity index (χ0) is 17.9. The molecule has 3 aromatic rings. The Morgan fingerprint density at radius 1 is 1.04 bits per heavy atom. The average Bonchev–Trinajstić information content (AvgIpc) is 3.19. The molecule has 26 heavy (non-hydrogen) atoms. The van der Waals surface area contributed by atoms with E-state index in [-0.39, 0.29) is 18.4 Å². The van der Waals surface area contributed by atoms with Gasteiger partial charge in [0.2, 0.25) is 11.8 Å². The molecule has 0 unspecified atom stereocenters. The summed E-state index contributed by atoms with van der Waals surface area (Å²) < 4.78 is 1.75. The molecule has 4 rings (SSSR count). The van der Waals surface area contributed by atoms with Crippen LogP contribution in [0.1, 0.15) is 12.0 Å². The van der Waals surface area contributed by atoms with Gasteiger partial charge in [-0.05, 0) is 36.2 Å². The molecule has 0 fully saturated rings. The van der Waals surface area contributed by atoms with Crippen LogP contribution in [0.3, 0.4) is 0 Å². The highest BCUT2D eigenvalue weighted by Gasteiger charge is 2.25. The minimum Gasteiger partial charge on any atom is -0.324 e. The molecule has 1 aromatic heterocycles. The van der Waals surface area contributed by atoms with Gasteiger partial charge in [0.15, 0.2) is 0 Å². The third-order valence-corrected chi connectivity index (χ3v) is 4.34. The van der Waals surface area contributed by atoms with Gasteiger partial charge in [-0.15, -0.1) is 10.2 Å². The van der Waals surface area contributed by atoms with E-state index in [1.165, 1.54) is 0 Å². The van der Waals surface area contributed by atoms with E-state index in [4.69, 9.17) is 0 Å². The lowest BCUT2D eigenvalue weighted by Crippen LogP contribution is -2.40. The second-order valence-electron chi connectivity index (χ2n) is 6.08. The fourth-order valence-electron chi connectivity index (χ4n) is 3.09. The first-order valence-electron chi connectivity index (χ1n) is 8.34.